The van der Waals surface area contributed by atoms with Gasteiger partial charge in [0.05, 0.1) is 11.3 Å². The molecule has 0 aliphatic heterocycles. The van der Waals surface area contributed by atoms with Crippen LogP contribution >= 0.6 is 0 Å². The number of carbonyl (C=O) groups excluding carboxylic acids is 1. The number of hydrogen-bond acceptors (Lipinski definition) is 2. The van der Waals surface area contributed by atoms with E-state index in [1.165, 1.54) is 6.07 Å². The number of hydrogen-bond donors (Lipinski definition) is 2. The molecule has 0 radical (unpaired) electrons. The number of nitrogens with one attached hydrogen (secondary N) is 2. The fourth-order valence-corrected chi connectivity index (χ4v) is 3.49. The first kappa shape index (κ1) is 22.3. The molecule has 0 fully saturated rings. The summed E-state index contributed by atoms with van der Waals surface area (Å²) in [5, 5.41) is 5.71. The van der Waals surface area contributed by atoms with Crippen LogP contribution in [0.3, 0.4) is 0 Å². The van der Waals surface area contributed by atoms with Crippen molar-refractivity contribution in [2.45, 2.75) is 38.0 Å². The molecule has 2 aromatic carbocycles. The van der Waals surface area contributed by atoms with Gasteiger partial charge in [-0.25, -0.2) is 4.79 Å². The van der Waals surface area contributed by atoms with Gasteiger partial charge in [0.15, 0.2) is 0 Å². The standard InChI is InChI=1S/C24H24F3N3O/c1-17(2)29-22(31)30-23(21-13-6-7-14-28-21,16-18-9-4-3-5-10-18)19-11-8-12-20(15-19)24(25,26)27/h3-15,17H,16H2,1-2H3,(H2,29,30,31). The van der Waals surface area contributed by atoms with Crippen molar-refractivity contribution in [1.29, 1.82) is 0 Å². The number of halogens is 3. The summed E-state index contributed by atoms with van der Waals surface area (Å²) in [5.41, 5.74) is -0.524. The molecule has 31 heavy (non-hydrogen) atoms. The Morgan fingerprint density at radius 1 is 0.935 bits per heavy atom. The van der Waals surface area contributed by atoms with Crippen LogP contribution in [-0.2, 0) is 18.1 Å². The number of pyridine rings is 1. The quantitative estimate of drug-likeness (QED) is 0.561. The van der Waals surface area contributed by atoms with E-state index in [2.05, 4.69) is 15.6 Å². The second kappa shape index (κ2) is 9.20. The van der Waals surface area contributed by atoms with Crippen LogP contribution in [0, 0.1) is 0 Å². The number of amides is 2. The van der Waals surface area contributed by atoms with Gasteiger partial charge in [0.1, 0.15) is 5.54 Å². The molecule has 0 saturated carbocycles. The smallest absolute Gasteiger partial charge is 0.336 e. The summed E-state index contributed by atoms with van der Waals surface area (Å²) in [6.07, 6.45) is -2.73. The molecule has 7 heteroatoms. The minimum Gasteiger partial charge on any atom is -0.336 e. The number of rotatable bonds is 6. The maximum absolute atomic E-state index is 13.5. The van der Waals surface area contributed by atoms with Crippen molar-refractivity contribution in [3.63, 3.8) is 0 Å². The molecule has 1 atom stereocenters. The molecule has 2 N–H and O–H groups in total. The Bertz CT molecular complexity index is 1010. The predicted octanol–water partition coefficient (Wildman–Crippen LogP) is 5.29. The molecule has 0 saturated heterocycles. The second-order valence-corrected chi connectivity index (χ2v) is 7.61. The molecular formula is C24H24F3N3O. The highest BCUT2D eigenvalue weighted by atomic mass is 19.4. The lowest BCUT2D eigenvalue weighted by Crippen LogP contribution is -2.53. The van der Waals surface area contributed by atoms with Gasteiger partial charge in [-0.2, -0.15) is 13.2 Å². The van der Waals surface area contributed by atoms with E-state index in [0.29, 0.717) is 11.3 Å². The van der Waals surface area contributed by atoms with E-state index < -0.39 is 23.3 Å². The lowest BCUT2D eigenvalue weighted by molar-refractivity contribution is -0.137. The average Bonchev–Trinajstić information content (AvgIpc) is 2.73. The molecule has 3 aromatic rings. The Hall–Kier alpha value is -3.35. The van der Waals surface area contributed by atoms with Crippen LogP contribution in [0.15, 0.2) is 79.0 Å². The van der Waals surface area contributed by atoms with Crippen LogP contribution in [0.1, 0.15) is 36.2 Å². The lowest BCUT2D eigenvalue weighted by atomic mass is 9.80. The van der Waals surface area contributed by atoms with E-state index in [-0.39, 0.29) is 12.5 Å². The number of alkyl halides is 3. The number of nitrogens with zero attached hydrogens (tertiary/aromatic N) is 1. The number of benzene rings is 2. The summed E-state index contributed by atoms with van der Waals surface area (Å²) in [7, 11) is 0. The molecule has 0 aliphatic carbocycles. The average molecular weight is 427 g/mol. The monoisotopic (exact) mass is 427 g/mol. The third-order valence-electron chi connectivity index (χ3n) is 4.84. The van der Waals surface area contributed by atoms with Gasteiger partial charge in [-0.3, -0.25) is 4.98 Å². The highest BCUT2D eigenvalue weighted by Crippen LogP contribution is 2.36. The minimum absolute atomic E-state index is 0.153. The second-order valence-electron chi connectivity index (χ2n) is 7.61. The van der Waals surface area contributed by atoms with Crippen LogP contribution in [0.25, 0.3) is 0 Å². The summed E-state index contributed by atoms with van der Waals surface area (Å²) in [6, 6.07) is 18.8. The molecule has 4 nitrogen and oxygen atoms in total. The molecule has 1 aromatic heterocycles. The fraction of sp³-hybridized carbons (Fsp3) is 0.250. The van der Waals surface area contributed by atoms with Crippen LogP contribution in [0.4, 0.5) is 18.0 Å². The topological polar surface area (TPSA) is 54.0 Å². The SMILES string of the molecule is CC(C)NC(=O)NC(Cc1ccccc1)(c1cccc(C(F)(F)F)c1)c1ccccn1. The zero-order chi connectivity index (χ0) is 22.5. The summed E-state index contributed by atoms with van der Waals surface area (Å²) >= 11 is 0. The normalized spacial score (nSPS) is 13.5. The van der Waals surface area contributed by atoms with Gasteiger partial charge in [0.2, 0.25) is 0 Å². The van der Waals surface area contributed by atoms with Gasteiger partial charge in [-0.15, -0.1) is 0 Å². The van der Waals surface area contributed by atoms with Crippen molar-refractivity contribution in [3.05, 3.63) is 101 Å². The number of aromatic nitrogens is 1. The van der Waals surface area contributed by atoms with Gasteiger partial charge in [0, 0.05) is 18.7 Å². The summed E-state index contributed by atoms with van der Waals surface area (Å²) in [5.74, 6) is 0. The van der Waals surface area contributed by atoms with E-state index in [9.17, 15) is 18.0 Å². The molecule has 0 bridgehead atoms. The van der Waals surface area contributed by atoms with Crippen LogP contribution in [0.5, 0.6) is 0 Å². The number of urea groups is 1. The third kappa shape index (κ3) is 5.42. The van der Waals surface area contributed by atoms with Crippen LogP contribution in [0.2, 0.25) is 0 Å². The van der Waals surface area contributed by atoms with E-state index in [0.717, 1.165) is 17.7 Å². The van der Waals surface area contributed by atoms with Crippen LogP contribution in [-0.4, -0.2) is 17.1 Å². The maximum atomic E-state index is 13.5. The van der Waals surface area contributed by atoms with E-state index in [4.69, 9.17) is 0 Å². The van der Waals surface area contributed by atoms with Crippen molar-refractivity contribution < 1.29 is 18.0 Å². The van der Waals surface area contributed by atoms with Crippen molar-refractivity contribution in [3.8, 4) is 0 Å². The van der Waals surface area contributed by atoms with Gasteiger partial charge in [-0.1, -0.05) is 48.5 Å². The molecular weight excluding hydrogens is 403 g/mol. The molecule has 1 heterocycles. The van der Waals surface area contributed by atoms with Crippen molar-refractivity contribution in [1.82, 2.24) is 15.6 Å². The largest absolute Gasteiger partial charge is 0.416 e. The molecule has 2 amide bonds. The first-order valence-electron chi connectivity index (χ1n) is 9.92. The summed E-state index contributed by atoms with van der Waals surface area (Å²) in [4.78, 5) is 17.2. The Morgan fingerprint density at radius 2 is 1.61 bits per heavy atom. The van der Waals surface area contributed by atoms with Gasteiger partial charge in [-0.05, 0) is 49.2 Å². The molecule has 3 rings (SSSR count). The van der Waals surface area contributed by atoms with Crippen LogP contribution < -0.4 is 10.6 Å². The zero-order valence-corrected chi connectivity index (χ0v) is 17.3. The number of carbonyl (C=O) groups is 1. The third-order valence-corrected chi connectivity index (χ3v) is 4.84. The zero-order valence-electron chi connectivity index (χ0n) is 17.3. The molecule has 1 unspecified atom stereocenters. The molecule has 0 spiro atoms. The van der Waals surface area contributed by atoms with Gasteiger partial charge < -0.3 is 10.6 Å². The van der Waals surface area contributed by atoms with E-state index in [1.54, 1.807) is 30.5 Å². The highest BCUT2D eigenvalue weighted by Gasteiger charge is 2.40. The molecule has 162 valence electrons. The Labute approximate surface area is 179 Å². The Balaban J connectivity index is 2.22. The first-order chi connectivity index (χ1) is 14.7. The van der Waals surface area contributed by atoms with Crippen molar-refractivity contribution >= 4 is 6.03 Å². The first-order valence-corrected chi connectivity index (χ1v) is 9.92. The van der Waals surface area contributed by atoms with E-state index in [1.807, 2.05) is 44.2 Å². The fourth-order valence-electron chi connectivity index (χ4n) is 3.49. The van der Waals surface area contributed by atoms with Crippen molar-refractivity contribution in [2.24, 2.45) is 0 Å². The highest BCUT2D eigenvalue weighted by molar-refractivity contribution is 5.76. The van der Waals surface area contributed by atoms with Crippen molar-refractivity contribution in [2.75, 3.05) is 0 Å². The maximum Gasteiger partial charge on any atom is 0.416 e. The lowest BCUT2D eigenvalue weighted by Gasteiger charge is -2.36. The van der Waals surface area contributed by atoms with Gasteiger partial charge >= 0.3 is 12.2 Å². The van der Waals surface area contributed by atoms with Gasteiger partial charge in [0.25, 0.3) is 0 Å². The minimum atomic E-state index is -4.52. The summed E-state index contributed by atoms with van der Waals surface area (Å²) < 4.78 is 40.5. The molecule has 0 aliphatic rings. The summed E-state index contributed by atoms with van der Waals surface area (Å²) in [6.45, 7) is 3.62. The predicted molar refractivity (Wildman–Crippen MR) is 113 cm³/mol. The Kier molecular flexibility index (Phi) is 6.63. The van der Waals surface area contributed by atoms with E-state index >= 15 is 0 Å². The Morgan fingerprint density at radius 3 is 2.23 bits per heavy atom.